The third-order valence-electron chi connectivity index (χ3n) is 3.07. The van der Waals surface area contributed by atoms with E-state index in [1.807, 2.05) is 19.0 Å². The average Bonchev–Trinajstić information content (AvgIpc) is 2.42. The molecule has 0 radical (unpaired) electrons. The molecule has 7 heteroatoms. The number of amides is 2. The van der Waals surface area contributed by atoms with Crippen molar-refractivity contribution >= 4 is 17.5 Å². The Bertz CT molecular complexity index is 536. The summed E-state index contributed by atoms with van der Waals surface area (Å²) in [5, 5.41) is 2.48. The summed E-state index contributed by atoms with van der Waals surface area (Å²) in [5.74, 6) is -2.46. The number of nitrogens with one attached hydrogen (secondary N) is 1. The number of halogens is 2. The Morgan fingerprint density at radius 1 is 1.09 bits per heavy atom. The van der Waals surface area contributed by atoms with Gasteiger partial charge in [0, 0.05) is 44.7 Å². The molecule has 1 N–H and O–H groups in total. The van der Waals surface area contributed by atoms with Gasteiger partial charge in [0.1, 0.15) is 0 Å². The van der Waals surface area contributed by atoms with Crippen LogP contribution in [0.4, 0.5) is 14.5 Å². The molecule has 22 heavy (non-hydrogen) atoms. The predicted molar refractivity (Wildman–Crippen MR) is 80.4 cm³/mol. The molecule has 0 aliphatic rings. The van der Waals surface area contributed by atoms with Gasteiger partial charge in [0.25, 0.3) is 0 Å². The van der Waals surface area contributed by atoms with Crippen LogP contribution in [0.5, 0.6) is 0 Å². The van der Waals surface area contributed by atoms with Crippen LogP contribution in [0.3, 0.4) is 0 Å². The molecular weight excluding hydrogens is 292 g/mol. The highest BCUT2D eigenvalue weighted by Gasteiger charge is 2.12. The van der Waals surface area contributed by atoms with Crippen LogP contribution < -0.4 is 5.32 Å². The van der Waals surface area contributed by atoms with Crippen LogP contribution in [0.1, 0.15) is 13.3 Å². The van der Waals surface area contributed by atoms with E-state index in [1.165, 1.54) is 13.0 Å². The van der Waals surface area contributed by atoms with E-state index in [4.69, 9.17) is 0 Å². The van der Waals surface area contributed by atoms with Crippen molar-refractivity contribution in [1.29, 1.82) is 0 Å². The molecule has 0 saturated heterocycles. The smallest absolute Gasteiger partial charge is 0.226 e. The standard InChI is InChI=1S/C15H21F2N3O2/c1-11(21)20(9-8-19(2)3)7-6-15(22)18-12-4-5-13(16)14(17)10-12/h4-5,10H,6-9H2,1-3H3,(H,18,22). The van der Waals surface area contributed by atoms with Crippen LogP contribution in [0, 0.1) is 11.6 Å². The van der Waals surface area contributed by atoms with Crippen LogP contribution in [0.2, 0.25) is 0 Å². The summed E-state index contributed by atoms with van der Waals surface area (Å²) in [6.07, 6.45) is 0.0893. The number of benzene rings is 1. The quantitative estimate of drug-likeness (QED) is 0.834. The molecule has 1 aromatic rings. The normalized spacial score (nSPS) is 10.6. The van der Waals surface area contributed by atoms with Gasteiger partial charge in [-0.2, -0.15) is 0 Å². The van der Waals surface area contributed by atoms with E-state index in [9.17, 15) is 18.4 Å². The molecule has 0 fully saturated rings. The first-order valence-electron chi connectivity index (χ1n) is 6.94. The summed E-state index contributed by atoms with van der Waals surface area (Å²) in [7, 11) is 3.79. The molecule has 2 amide bonds. The maximum Gasteiger partial charge on any atom is 0.226 e. The van der Waals surface area contributed by atoms with Gasteiger partial charge in [0.15, 0.2) is 11.6 Å². The van der Waals surface area contributed by atoms with E-state index in [1.54, 1.807) is 4.90 Å². The van der Waals surface area contributed by atoms with Gasteiger partial charge in [-0.05, 0) is 26.2 Å². The monoisotopic (exact) mass is 313 g/mol. The second kappa shape index (κ2) is 8.43. The highest BCUT2D eigenvalue weighted by Crippen LogP contribution is 2.13. The molecular formula is C15H21F2N3O2. The van der Waals surface area contributed by atoms with Crippen molar-refractivity contribution in [3.05, 3.63) is 29.8 Å². The third kappa shape index (κ3) is 6.17. The van der Waals surface area contributed by atoms with Gasteiger partial charge in [-0.15, -0.1) is 0 Å². The van der Waals surface area contributed by atoms with E-state index in [2.05, 4.69) is 5.32 Å². The van der Waals surface area contributed by atoms with Crippen LogP contribution >= 0.6 is 0 Å². The van der Waals surface area contributed by atoms with E-state index in [0.717, 1.165) is 12.1 Å². The molecule has 1 rings (SSSR count). The van der Waals surface area contributed by atoms with E-state index >= 15 is 0 Å². The molecule has 1 aromatic carbocycles. The zero-order valence-corrected chi connectivity index (χ0v) is 13.0. The Hall–Kier alpha value is -2.02. The fraction of sp³-hybridized carbons (Fsp3) is 0.467. The number of carbonyl (C=O) groups is 2. The Balaban J connectivity index is 2.49. The van der Waals surface area contributed by atoms with Crippen LogP contribution in [0.25, 0.3) is 0 Å². The van der Waals surface area contributed by atoms with Crippen LogP contribution in [0.15, 0.2) is 18.2 Å². The molecule has 0 spiro atoms. The number of rotatable bonds is 7. The molecule has 0 aliphatic carbocycles. The highest BCUT2D eigenvalue weighted by molar-refractivity contribution is 5.91. The molecule has 0 atom stereocenters. The lowest BCUT2D eigenvalue weighted by atomic mass is 10.2. The maximum absolute atomic E-state index is 13.0. The summed E-state index contributed by atoms with van der Waals surface area (Å²) in [4.78, 5) is 26.8. The topological polar surface area (TPSA) is 52.7 Å². The van der Waals surface area contributed by atoms with E-state index in [0.29, 0.717) is 13.1 Å². The minimum absolute atomic E-state index is 0.0893. The third-order valence-corrected chi connectivity index (χ3v) is 3.07. The minimum Gasteiger partial charge on any atom is -0.341 e. The number of likely N-dealkylation sites (N-methyl/N-ethyl adjacent to an activating group) is 1. The number of carbonyl (C=O) groups excluding carboxylic acids is 2. The molecule has 0 aliphatic heterocycles. The lowest BCUT2D eigenvalue weighted by Crippen LogP contribution is -2.37. The number of hydrogen-bond donors (Lipinski definition) is 1. The average molecular weight is 313 g/mol. The molecule has 5 nitrogen and oxygen atoms in total. The molecule has 0 saturated carbocycles. The fourth-order valence-corrected chi connectivity index (χ4v) is 1.78. The summed E-state index contributed by atoms with van der Waals surface area (Å²) in [6.45, 7) is 2.95. The fourth-order valence-electron chi connectivity index (χ4n) is 1.78. The largest absolute Gasteiger partial charge is 0.341 e. The first-order valence-corrected chi connectivity index (χ1v) is 6.94. The second-order valence-corrected chi connectivity index (χ2v) is 5.24. The molecule has 122 valence electrons. The first kappa shape index (κ1) is 18.0. The number of anilines is 1. The molecule has 0 bridgehead atoms. The van der Waals surface area contributed by atoms with Crippen molar-refractivity contribution in [1.82, 2.24) is 9.80 Å². The summed E-state index contributed by atoms with van der Waals surface area (Å²) >= 11 is 0. The van der Waals surface area contributed by atoms with Crippen LogP contribution in [-0.2, 0) is 9.59 Å². The Morgan fingerprint density at radius 2 is 1.77 bits per heavy atom. The van der Waals surface area contributed by atoms with Gasteiger partial charge in [-0.1, -0.05) is 0 Å². The lowest BCUT2D eigenvalue weighted by Gasteiger charge is -2.22. The van der Waals surface area contributed by atoms with Crippen LogP contribution in [-0.4, -0.2) is 55.3 Å². The molecule has 0 heterocycles. The molecule has 0 aromatic heterocycles. The van der Waals surface area contributed by atoms with Gasteiger partial charge < -0.3 is 15.1 Å². The SMILES string of the molecule is CC(=O)N(CCC(=O)Nc1ccc(F)c(F)c1)CCN(C)C. The Morgan fingerprint density at radius 3 is 2.32 bits per heavy atom. The van der Waals surface area contributed by atoms with E-state index in [-0.39, 0.29) is 30.5 Å². The van der Waals surface area contributed by atoms with Gasteiger partial charge in [0.05, 0.1) is 0 Å². The van der Waals surface area contributed by atoms with Crippen molar-refractivity contribution in [2.24, 2.45) is 0 Å². The van der Waals surface area contributed by atoms with E-state index < -0.39 is 11.6 Å². The first-order chi connectivity index (χ1) is 10.3. The van der Waals surface area contributed by atoms with Crippen molar-refractivity contribution in [3.8, 4) is 0 Å². The van der Waals surface area contributed by atoms with Crippen molar-refractivity contribution in [2.45, 2.75) is 13.3 Å². The second-order valence-electron chi connectivity index (χ2n) is 5.24. The highest BCUT2D eigenvalue weighted by atomic mass is 19.2. The predicted octanol–water partition coefficient (Wildman–Crippen LogP) is 1.70. The van der Waals surface area contributed by atoms with Gasteiger partial charge in [0.2, 0.25) is 11.8 Å². The van der Waals surface area contributed by atoms with Crippen molar-refractivity contribution in [2.75, 3.05) is 39.0 Å². The zero-order valence-electron chi connectivity index (χ0n) is 13.0. The van der Waals surface area contributed by atoms with Crippen molar-refractivity contribution < 1.29 is 18.4 Å². The molecule has 0 unspecified atom stereocenters. The Labute approximate surface area is 128 Å². The van der Waals surface area contributed by atoms with Gasteiger partial charge in [-0.25, -0.2) is 8.78 Å². The van der Waals surface area contributed by atoms with Crippen molar-refractivity contribution in [3.63, 3.8) is 0 Å². The lowest BCUT2D eigenvalue weighted by molar-refractivity contribution is -0.129. The summed E-state index contributed by atoms with van der Waals surface area (Å²) < 4.78 is 25.8. The number of hydrogen-bond acceptors (Lipinski definition) is 3. The minimum atomic E-state index is -1.02. The summed E-state index contributed by atoms with van der Waals surface area (Å²) in [6, 6.07) is 3.15. The number of nitrogens with zero attached hydrogens (tertiary/aromatic N) is 2. The van der Waals surface area contributed by atoms with Gasteiger partial charge in [-0.3, -0.25) is 9.59 Å². The maximum atomic E-state index is 13.0. The zero-order chi connectivity index (χ0) is 16.7. The summed E-state index contributed by atoms with van der Waals surface area (Å²) in [5.41, 5.74) is 0.187. The van der Waals surface area contributed by atoms with Gasteiger partial charge >= 0.3 is 0 Å². The Kier molecular flexibility index (Phi) is 6.91.